The molecule has 0 aromatic carbocycles. The van der Waals surface area contributed by atoms with Crippen LogP contribution in [0.15, 0.2) is 0 Å². The van der Waals surface area contributed by atoms with Crippen molar-refractivity contribution < 1.29 is 4.74 Å². The first-order valence-corrected chi connectivity index (χ1v) is 15.1. The third-order valence-corrected chi connectivity index (χ3v) is 7.79. The van der Waals surface area contributed by atoms with Crippen LogP contribution >= 0.6 is 0 Å². The zero-order valence-corrected chi connectivity index (χ0v) is 22.9. The number of hydrogen-bond donors (Lipinski definition) is 0. The fourth-order valence-corrected chi connectivity index (χ4v) is 5.49. The average Bonchev–Trinajstić information content (AvgIpc) is 2.81. The first-order chi connectivity index (χ1) is 15.7. The maximum absolute atomic E-state index is 6.38. The maximum Gasteiger partial charge on any atom is 0.0599 e. The van der Waals surface area contributed by atoms with Crippen molar-refractivity contribution in [3.63, 3.8) is 0 Å². The number of piperidine rings is 1. The lowest BCUT2D eigenvalue weighted by Gasteiger charge is -2.34. The van der Waals surface area contributed by atoms with Gasteiger partial charge < -0.3 is 9.64 Å². The number of unbranched alkanes of at least 4 members (excludes halogenated alkanes) is 8. The minimum Gasteiger partial charge on any atom is -0.378 e. The zero-order chi connectivity index (χ0) is 23.3. The summed E-state index contributed by atoms with van der Waals surface area (Å²) in [7, 11) is 0. The summed E-state index contributed by atoms with van der Waals surface area (Å²) in [6.45, 7) is 14.2. The standard InChI is InChI=1S/C30H61NO/c1-5-9-13-15-19-29(20-16-14-10-6-2)27-31-24-21-30(22-25-31)32-26-23-28(17-11-7-3)18-12-8-4/h28-30H,5-27H2,1-4H3. The van der Waals surface area contributed by atoms with Crippen LogP contribution in [0.25, 0.3) is 0 Å². The Kier molecular flexibility index (Phi) is 20.1. The van der Waals surface area contributed by atoms with Gasteiger partial charge in [-0.3, -0.25) is 0 Å². The van der Waals surface area contributed by atoms with Crippen molar-refractivity contribution in [1.29, 1.82) is 0 Å². The van der Waals surface area contributed by atoms with Crippen molar-refractivity contribution in [2.24, 2.45) is 11.8 Å². The van der Waals surface area contributed by atoms with Crippen LogP contribution in [0.1, 0.15) is 150 Å². The van der Waals surface area contributed by atoms with Crippen molar-refractivity contribution in [2.75, 3.05) is 26.2 Å². The summed E-state index contributed by atoms with van der Waals surface area (Å²) in [5, 5.41) is 0. The van der Waals surface area contributed by atoms with Gasteiger partial charge in [-0.1, -0.05) is 118 Å². The van der Waals surface area contributed by atoms with E-state index in [0.29, 0.717) is 6.10 Å². The number of rotatable bonds is 22. The highest BCUT2D eigenvalue weighted by Crippen LogP contribution is 2.24. The minimum absolute atomic E-state index is 0.525. The lowest BCUT2D eigenvalue weighted by atomic mass is 9.93. The van der Waals surface area contributed by atoms with Crippen LogP contribution in [0.4, 0.5) is 0 Å². The van der Waals surface area contributed by atoms with E-state index in [-0.39, 0.29) is 0 Å². The second-order valence-electron chi connectivity index (χ2n) is 10.9. The van der Waals surface area contributed by atoms with Gasteiger partial charge in [-0.2, -0.15) is 0 Å². The largest absolute Gasteiger partial charge is 0.378 e. The molecule has 0 aliphatic carbocycles. The average molecular weight is 452 g/mol. The third kappa shape index (κ3) is 15.7. The van der Waals surface area contributed by atoms with Crippen LogP contribution in [-0.2, 0) is 4.74 Å². The summed E-state index contributed by atoms with van der Waals surface area (Å²) in [4.78, 5) is 2.77. The molecular formula is C30H61NO. The molecule has 0 bridgehead atoms. The van der Waals surface area contributed by atoms with E-state index in [1.54, 1.807) is 0 Å². The predicted octanol–water partition coefficient (Wildman–Crippen LogP) is 9.41. The fraction of sp³-hybridized carbons (Fsp3) is 1.00. The smallest absolute Gasteiger partial charge is 0.0599 e. The van der Waals surface area contributed by atoms with Gasteiger partial charge in [-0.25, -0.2) is 0 Å². The Balaban J connectivity index is 2.28. The zero-order valence-electron chi connectivity index (χ0n) is 22.9. The minimum atomic E-state index is 0.525. The molecule has 0 amide bonds. The fourth-order valence-electron chi connectivity index (χ4n) is 5.49. The summed E-state index contributed by atoms with van der Waals surface area (Å²) in [6, 6.07) is 0. The van der Waals surface area contributed by atoms with E-state index in [1.165, 1.54) is 142 Å². The Morgan fingerprint density at radius 2 is 1.09 bits per heavy atom. The quantitative estimate of drug-likeness (QED) is 0.152. The molecule has 1 aliphatic heterocycles. The van der Waals surface area contributed by atoms with Crippen LogP contribution in [0, 0.1) is 11.8 Å². The van der Waals surface area contributed by atoms with E-state index in [9.17, 15) is 0 Å². The highest BCUT2D eigenvalue weighted by atomic mass is 16.5. The highest BCUT2D eigenvalue weighted by Gasteiger charge is 2.22. The lowest BCUT2D eigenvalue weighted by molar-refractivity contribution is -0.00212. The maximum atomic E-state index is 6.38. The van der Waals surface area contributed by atoms with Gasteiger partial charge in [-0.15, -0.1) is 0 Å². The molecule has 0 aromatic rings. The molecule has 0 spiro atoms. The van der Waals surface area contributed by atoms with E-state index in [0.717, 1.165) is 18.4 Å². The SMILES string of the molecule is CCCCCCC(CCCCCC)CN1CCC(OCCC(CCCC)CCCC)CC1. The van der Waals surface area contributed by atoms with Gasteiger partial charge in [0.15, 0.2) is 0 Å². The van der Waals surface area contributed by atoms with E-state index in [2.05, 4.69) is 32.6 Å². The Morgan fingerprint density at radius 3 is 1.59 bits per heavy atom. The molecule has 1 fully saturated rings. The van der Waals surface area contributed by atoms with Crippen molar-refractivity contribution >= 4 is 0 Å². The van der Waals surface area contributed by atoms with Crippen molar-refractivity contribution in [2.45, 2.75) is 156 Å². The van der Waals surface area contributed by atoms with Gasteiger partial charge in [0.25, 0.3) is 0 Å². The molecule has 0 N–H and O–H groups in total. The van der Waals surface area contributed by atoms with Crippen LogP contribution in [0.3, 0.4) is 0 Å². The molecule has 1 rings (SSSR count). The molecule has 1 heterocycles. The first kappa shape index (κ1) is 30.0. The molecule has 0 unspecified atom stereocenters. The number of nitrogens with zero attached hydrogens (tertiary/aromatic N) is 1. The van der Waals surface area contributed by atoms with Crippen molar-refractivity contribution in [3.8, 4) is 0 Å². The summed E-state index contributed by atoms with van der Waals surface area (Å²) in [5.74, 6) is 1.83. The van der Waals surface area contributed by atoms with Crippen LogP contribution in [-0.4, -0.2) is 37.2 Å². The second-order valence-corrected chi connectivity index (χ2v) is 10.9. The monoisotopic (exact) mass is 451 g/mol. The van der Waals surface area contributed by atoms with Crippen LogP contribution < -0.4 is 0 Å². The van der Waals surface area contributed by atoms with Gasteiger partial charge in [0.05, 0.1) is 6.10 Å². The molecule has 1 saturated heterocycles. The molecule has 192 valence electrons. The first-order valence-electron chi connectivity index (χ1n) is 15.1. The molecule has 32 heavy (non-hydrogen) atoms. The van der Waals surface area contributed by atoms with Gasteiger partial charge in [0.2, 0.25) is 0 Å². The highest BCUT2D eigenvalue weighted by molar-refractivity contribution is 4.76. The van der Waals surface area contributed by atoms with Gasteiger partial charge in [0, 0.05) is 26.2 Å². The number of hydrogen-bond acceptors (Lipinski definition) is 2. The summed E-state index contributed by atoms with van der Waals surface area (Å²) < 4.78 is 6.38. The van der Waals surface area contributed by atoms with Gasteiger partial charge >= 0.3 is 0 Å². The molecule has 0 radical (unpaired) electrons. The normalized spacial score (nSPS) is 15.9. The number of likely N-dealkylation sites (tertiary alicyclic amines) is 1. The lowest BCUT2D eigenvalue weighted by Crippen LogP contribution is -2.39. The van der Waals surface area contributed by atoms with Gasteiger partial charge in [-0.05, 0) is 43.9 Å². The number of ether oxygens (including phenoxy) is 1. The van der Waals surface area contributed by atoms with E-state index < -0.39 is 0 Å². The third-order valence-electron chi connectivity index (χ3n) is 7.79. The second kappa shape index (κ2) is 21.5. The molecule has 0 aromatic heterocycles. The summed E-state index contributed by atoms with van der Waals surface area (Å²) >= 11 is 0. The summed E-state index contributed by atoms with van der Waals surface area (Å²) in [6.07, 6.45) is 26.8. The van der Waals surface area contributed by atoms with E-state index in [1.807, 2.05) is 0 Å². The molecule has 1 aliphatic rings. The Morgan fingerprint density at radius 1 is 0.594 bits per heavy atom. The van der Waals surface area contributed by atoms with E-state index in [4.69, 9.17) is 4.74 Å². The predicted molar refractivity (Wildman–Crippen MR) is 144 cm³/mol. The molecule has 0 saturated carbocycles. The molecule has 0 atom stereocenters. The molecular weight excluding hydrogens is 390 g/mol. The van der Waals surface area contributed by atoms with Gasteiger partial charge in [0.1, 0.15) is 0 Å². The Bertz CT molecular complexity index is 357. The summed E-state index contributed by atoms with van der Waals surface area (Å²) in [5.41, 5.74) is 0. The Labute approximate surface area is 203 Å². The Hall–Kier alpha value is -0.0800. The van der Waals surface area contributed by atoms with Crippen molar-refractivity contribution in [3.05, 3.63) is 0 Å². The van der Waals surface area contributed by atoms with Crippen LogP contribution in [0.2, 0.25) is 0 Å². The van der Waals surface area contributed by atoms with Crippen LogP contribution in [0.5, 0.6) is 0 Å². The van der Waals surface area contributed by atoms with Crippen molar-refractivity contribution in [1.82, 2.24) is 4.90 Å². The molecule has 2 heteroatoms. The topological polar surface area (TPSA) is 12.5 Å². The van der Waals surface area contributed by atoms with E-state index >= 15 is 0 Å². The molecule has 2 nitrogen and oxygen atoms in total.